The number of H-pyrrole nitrogens is 1. The Morgan fingerprint density at radius 3 is 2.88 bits per heavy atom. The standard InChI is InChI=1S/C24H25FN6O/c1-31-14-18(13-28-31)17-8-16(9-19(25)11-17)12-27-24(32)23-22-20(6-7-26-23)29-21(30-22)10-15-4-2-3-5-15/h6-9,11,13-15H,2-5,10,12H2,1H3,(H,27,32)(H,29,30). The van der Waals surface area contributed by atoms with E-state index in [1.165, 1.54) is 37.8 Å². The maximum Gasteiger partial charge on any atom is 0.272 e. The number of imidazole rings is 1. The number of aromatic nitrogens is 5. The molecule has 1 aliphatic carbocycles. The van der Waals surface area contributed by atoms with Crippen LogP contribution in [0.4, 0.5) is 4.39 Å². The molecule has 8 heteroatoms. The molecule has 0 atom stereocenters. The van der Waals surface area contributed by atoms with Gasteiger partial charge in [-0.2, -0.15) is 5.10 Å². The van der Waals surface area contributed by atoms with Gasteiger partial charge >= 0.3 is 0 Å². The molecule has 2 N–H and O–H groups in total. The van der Waals surface area contributed by atoms with E-state index < -0.39 is 0 Å². The van der Waals surface area contributed by atoms with Crippen LogP contribution in [0, 0.1) is 11.7 Å². The Morgan fingerprint density at radius 2 is 2.09 bits per heavy atom. The summed E-state index contributed by atoms with van der Waals surface area (Å²) in [6.07, 6.45) is 11.0. The Morgan fingerprint density at radius 1 is 1.25 bits per heavy atom. The summed E-state index contributed by atoms with van der Waals surface area (Å²) < 4.78 is 15.8. The van der Waals surface area contributed by atoms with Gasteiger partial charge in [-0.3, -0.25) is 9.48 Å². The van der Waals surface area contributed by atoms with Crippen molar-refractivity contribution in [1.29, 1.82) is 0 Å². The van der Waals surface area contributed by atoms with Gasteiger partial charge in [0.25, 0.3) is 5.91 Å². The Bertz CT molecular complexity index is 1270. The summed E-state index contributed by atoms with van der Waals surface area (Å²) in [7, 11) is 1.81. The normalized spacial score (nSPS) is 14.3. The Balaban J connectivity index is 1.33. The molecule has 0 spiro atoms. The minimum Gasteiger partial charge on any atom is -0.347 e. The molecule has 0 radical (unpaired) electrons. The van der Waals surface area contributed by atoms with Crippen LogP contribution >= 0.6 is 0 Å². The molecule has 0 saturated heterocycles. The van der Waals surface area contributed by atoms with Crippen LogP contribution in [0.1, 0.15) is 47.6 Å². The van der Waals surface area contributed by atoms with E-state index in [1.807, 2.05) is 25.4 Å². The third kappa shape index (κ3) is 4.26. The Kier molecular flexibility index (Phi) is 5.43. The zero-order valence-electron chi connectivity index (χ0n) is 17.9. The number of rotatable bonds is 6. The largest absolute Gasteiger partial charge is 0.347 e. The molecule has 3 heterocycles. The van der Waals surface area contributed by atoms with Crippen LogP contribution in [-0.2, 0) is 20.0 Å². The monoisotopic (exact) mass is 432 g/mol. The van der Waals surface area contributed by atoms with E-state index in [1.54, 1.807) is 17.1 Å². The van der Waals surface area contributed by atoms with Crippen LogP contribution in [0.5, 0.6) is 0 Å². The Labute approximate surface area is 185 Å². The van der Waals surface area contributed by atoms with Gasteiger partial charge in [-0.05, 0) is 41.3 Å². The molecule has 4 aromatic rings. The highest BCUT2D eigenvalue weighted by Gasteiger charge is 2.19. The summed E-state index contributed by atoms with van der Waals surface area (Å²) in [5, 5.41) is 7.00. The molecule has 1 fully saturated rings. The first kappa shape index (κ1) is 20.4. The van der Waals surface area contributed by atoms with E-state index >= 15 is 0 Å². The van der Waals surface area contributed by atoms with Crippen molar-refractivity contribution in [2.24, 2.45) is 13.0 Å². The zero-order chi connectivity index (χ0) is 22.1. The molecule has 1 amide bonds. The fourth-order valence-electron chi connectivity index (χ4n) is 4.50. The number of hydrogen-bond donors (Lipinski definition) is 2. The smallest absolute Gasteiger partial charge is 0.272 e. The Hall–Kier alpha value is -3.55. The number of halogens is 1. The quantitative estimate of drug-likeness (QED) is 0.479. The summed E-state index contributed by atoms with van der Waals surface area (Å²) in [4.78, 5) is 25.2. The SMILES string of the molecule is Cn1cc(-c2cc(F)cc(CNC(=O)c3nccc4nc(CC5CCCC5)[nH]c34)c2)cn1. The second-order valence-electron chi connectivity index (χ2n) is 8.53. The topological polar surface area (TPSA) is 88.5 Å². The van der Waals surface area contributed by atoms with Crippen LogP contribution in [0.25, 0.3) is 22.2 Å². The van der Waals surface area contributed by atoms with Crippen molar-refractivity contribution < 1.29 is 9.18 Å². The maximum absolute atomic E-state index is 14.2. The molecule has 164 valence electrons. The summed E-state index contributed by atoms with van der Waals surface area (Å²) in [5.74, 6) is 0.878. The first-order chi connectivity index (χ1) is 15.5. The van der Waals surface area contributed by atoms with Crippen molar-refractivity contribution in [2.75, 3.05) is 0 Å². The van der Waals surface area contributed by atoms with E-state index in [0.29, 0.717) is 28.3 Å². The summed E-state index contributed by atoms with van der Waals surface area (Å²) in [6, 6.07) is 6.54. The lowest BCUT2D eigenvalue weighted by atomic mass is 10.0. The molecule has 5 rings (SSSR count). The van der Waals surface area contributed by atoms with E-state index in [2.05, 4.69) is 25.4 Å². The number of fused-ring (bicyclic) bond motifs is 1. The number of carbonyl (C=O) groups is 1. The first-order valence-corrected chi connectivity index (χ1v) is 11.0. The fraction of sp³-hybridized carbons (Fsp3) is 0.333. The molecular formula is C24H25FN6O. The number of amides is 1. The fourth-order valence-corrected chi connectivity index (χ4v) is 4.50. The van der Waals surface area contributed by atoms with Gasteiger partial charge in [0, 0.05) is 38.0 Å². The lowest BCUT2D eigenvalue weighted by molar-refractivity contribution is 0.0947. The van der Waals surface area contributed by atoms with E-state index in [-0.39, 0.29) is 18.3 Å². The average molecular weight is 433 g/mol. The van der Waals surface area contributed by atoms with Gasteiger partial charge in [0.15, 0.2) is 5.69 Å². The zero-order valence-corrected chi connectivity index (χ0v) is 17.9. The second-order valence-corrected chi connectivity index (χ2v) is 8.53. The van der Waals surface area contributed by atoms with Crippen molar-refractivity contribution in [3.8, 4) is 11.1 Å². The molecule has 0 bridgehead atoms. The van der Waals surface area contributed by atoms with E-state index in [4.69, 9.17) is 0 Å². The molecular weight excluding hydrogens is 407 g/mol. The third-order valence-electron chi connectivity index (χ3n) is 6.07. The van der Waals surface area contributed by atoms with Crippen LogP contribution in [0.2, 0.25) is 0 Å². The maximum atomic E-state index is 14.2. The molecule has 32 heavy (non-hydrogen) atoms. The van der Waals surface area contributed by atoms with Crippen molar-refractivity contribution in [1.82, 2.24) is 30.0 Å². The van der Waals surface area contributed by atoms with Gasteiger partial charge in [0.2, 0.25) is 0 Å². The number of aryl methyl sites for hydroxylation is 1. The van der Waals surface area contributed by atoms with Crippen LogP contribution in [0.15, 0.2) is 42.9 Å². The molecule has 7 nitrogen and oxygen atoms in total. The highest BCUT2D eigenvalue weighted by atomic mass is 19.1. The average Bonchev–Trinajstić information content (AvgIpc) is 3.52. The summed E-state index contributed by atoms with van der Waals surface area (Å²) in [5.41, 5.74) is 3.88. The number of hydrogen-bond acceptors (Lipinski definition) is 4. The second kappa shape index (κ2) is 8.53. The van der Waals surface area contributed by atoms with Crippen LogP contribution in [0.3, 0.4) is 0 Å². The summed E-state index contributed by atoms with van der Waals surface area (Å²) >= 11 is 0. The molecule has 0 aliphatic heterocycles. The number of carbonyl (C=O) groups excluding carboxylic acids is 1. The number of nitrogens with one attached hydrogen (secondary N) is 2. The first-order valence-electron chi connectivity index (χ1n) is 11.0. The van der Waals surface area contributed by atoms with Gasteiger partial charge in [-0.25, -0.2) is 14.4 Å². The number of benzene rings is 1. The predicted molar refractivity (Wildman–Crippen MR) is 119 cm³/mol. The molecule has 1 aromatic carbocycles. The minimum absolute atomic E-state index is 0.186. The minimum atomic E-state index is -0.360. The van der Waals surface area contributed by atoms with Gasteiger partial charge < -0.3 is 10.3 Å². The van der Waals surface area contributed by atoms with Crippen LogP contribution in [-0.4, -0.2) is 30.6 Å². The van der Waals surface area contributed by atoms with Gasteiger partial charge in [-0.1, -0.05) is 25.7 Å². The lowest BCUT2D eigenvalue weighted by Gasteiger charge is -2.08. The van der Waals surface area contributed by atoms with Gasteiger partial charge in [0.05, 0.1) is 17.2 Å². The molecule has 0 unspecified atom stereocenters. The molecule has 1 aliphatic rings. The van der Waals surface area contributed by atoms with Crippen molar-refractivity contribution >= 4 is 16.9 Å². The van der Waals surface area contributed by atoms with Gasteiger partial charge in [-0.15, -0.1) is 0 Å². The van der Waals surface area contributed by atoms with Crippen molar-refractivity contribution in [3.05, 3.63) is 65.8 Å². The summed E-state index contributed by atoms with van der Waals surface area (Å²) in [6.45, 7) is 0.186. The number of nitrogens with zero attached hydrogens (tertiary/aromatic N) is 4. The van der Waals surface area contributed by atoms with Crippen molar-refractivity contribution in [2.45, 2.75) is 38.6 Å². The third-order valence-corrected chi connectivity index (χ3v) is 6.07. The van der Waals surface area contributed by atoms with E-state index in [0.717, 1.165) is 23.3 Å². The highest BCUT2D eigenvalue weighted by Crippen LogP contribution is 2.28. The predicted octanol–water partition coefficient (Wildman–Crippen LogP) is 4.16. The number of pyridine rings is 1. The van der Waals surface area contributed by atoms with E-state index in [9.17, 15) is 9.18 Å². The molecule has 3 aromatic heterocycles. The molecule has 1 saturated carbocycles. The van der Waals surface area contributed by atoms with Crippen molar-refractivity contribution in [3.63, 3.8) is 0 Å². The lowest BCUT2D eigenvalue weighted by Crippen LogP contribution is -2.24. The van der Waals surface area contributed by atoms with Gasteiger partial charge in [0.1, 0.15) is 11.6 Å². The van der Waals surface area contributed by atoms with Crippen LogP contribution < -0.4 is 5.32 Å². The highest BCUT2D eigenvalue weighted by molar-refractivity contribution is 6.02. The number of aromatic amines is 1.